The fourth-order valence-corrected chi connectivity index (χ4v) is 1.13. The molecule has 0 saturated heterocycles. The van der Waals surface area contributed by atoms with Gasteiger partial charge in [-0.2, -0.15) is 0 Å². The summed E-state index contributed by atoms with van der Waals surface area (Å²) in [6, 6.07) is 7.69. The third-order valence-electron chi connectivity index (χ3n) is 1.72. The van der Waals surface area contributed by atoms with Crippen LogP contribution in [0.3, 0.4) is 0 Å². The van der Waals surface area contributed by atoms with E-state index in [-0.39, 0.29) is 0 Å². The van der Waals surface area contributed by atoms with Crippen LogP contribution in [0.4, 0.5) is 0 Å². The minimum absolute atomic E-state index is 0.806. The first kappa shape index (κ1) is 9.58. The van der Waals surface area contributed by atoms with Gasteiger partial charge in [0.05, 0.1) is 12.8 Å². The smallest absolute Gasteiger partial charge is 0.128 e. The molecule has 0 amide bonds. The average Bonchev–Trinajstić information content (AvgIpc) is 2.18. The van der Waals surface area contributed by atoms with E-state index in [0.29, 0.717) is 0 Å². The molecule has 3 heteroatoms. The summed E-state index contributed by atoms with van der Waals surface area (Å²) < 4.78 is 5.18. The van der Waals surface area contributed by atoms with Crippen LogP contribution < -0.4 is 4.74 Å². The Labute approximate surface area is 78.0 Å². The molecule has 1 aromatic rings. The number of nitrogens with zero attached hydrogens (tertiary/aromatic N) is 1. The molecule has 3 nitrogen and oxygen atoms in total. The molecule has 1 rings (SSSR count). The van der Waals surface area contributed by atoms with Crippen molar-refractivity contribution in [2.75, 3.05) is 14.2 Å². The van der Waals surface area contributed by atoms with Gasteiger partial charge in [0.1, 0.15) is 12.9 Å². The number of methoxy groups -OCH3 is 1. The standard InChI is InChI=1S/C10H13NO2/c1-8(11-13-3)9-6-4-5-7-10(9)12-2/h4-7H,1-3H3. The van der Waals surface area contributed by atoms with Crippen LogP contribution in [0, 0.1) is 0 Å². The molecule has 0 heterocycles. The number of hydrogen-bond acceptors (Lipinski definition) is 3. The summed E-state index contributed by atoms with van der Waals surface area (Å²) in [5.41, 5.74) is 1.76. The fourth-order valence-electron chi connectivity index (χ4n) is 1.13. The number of oxime groups is 1. The summed E-state index contributed by atoms with van der Waals surface area (Å²) >= 11 is 0. The molecule has 0 bridgehead atoms. The summed E-state index contributed by atoms with van der Waals surface area (Å²) in [6.07, 6.45) is 0. The minimum atomic E-state index is 0.806. The first-order valence-electron chi connectivity index (χ1n) is 4.00. The van der Waals surface area contributed by atoms with Gasteiger partial charge < -0.3 is 9.57 Å². The predicted octanol–water partition coefficient (Wildman–Crippen LogP) is 2.07. The molecule has 0 saturated carbocycles. The second-order valence-corrected chi connectivity index (χ2v) is 2.56. The molecule has 0 N–H and O–H groups in total. The van der Waals surface area contributed by atoms with E-state index in [4.69, 9.17) is 4.74 Å². The highest BCUT2D eigenvalue weighted by atomic mass is 16.6. The number of benzene rings is 1. The van der Waals surface area contributed by atoms with Gasteiger partial charge in [-0.3, -0.25) is 0 Å². The van der Waals surface area contributed by atoms with Crippen molar-refractivity contribution in [3.8, 4) is 5.75 Å². The number of hydrogen-bond donors (Lipinski definition) is 0. The van der Waals surface area contributed by atoms with Gasteiger partial charge in [-0.05, 0) is 19.1 Å². The maximum atomic E-state index is 5.18. The van der Waals surface area contributed by atoms with Crippen LogP contribution in [-0.4, -0.2) is 19.9 Å². The summed E-state index contributed by atoms with van der Waals surface area (Å²) in [6.45, 7) is 1.88. The highest BCUT2D eigenvalue weighted by Gasteiger charge is 2.04. The van der Waals surface area contributed by atoms with E-state index < -0.39 is 0 Å². The van der Waals surface area contributed by atoms with Crippen LogP contribution in [0.5, 0.6) is 5.75 Å². The van der Waals surface area contributed by atoms with Crippen molar-refractivity contribution >= 4 is 5.71 Å². The van der Waals surface area contributed by atoms with Crippen molar-refractivity contribution in [2.45, 2.75) is 6.92 Å². The predicted molar refractivity (Wildman–Crippen MR) is 52.2 cm³/mol. The monoisotopic (exact) mass is 179 g/mol. The fraction of sp³-hybridized carbons (Fsp3) is 0.300. The summed E-state index contributed by atoms with van der Waals surface area (Å²) in [7, 11) is 3.16. The first-order valence-corrected chi connectivity index (χ1v) is 4.00. The molecular weight excluding hydrogens is 166 g/mol. The molecule has 13 heavy (non-hydrogen) atoms. The molecule has 0 unspecified atom stereocenters. The SMILES string of the molecule is CON=C(C)c1ccccc1OC. The Balaban J connectivity index is 3.05. The number of rotatable bonds is 3. The zero-order valence-corrected chi connectivity index (χ0v) is 8.07. The first-order chi connectivity index (χ1) is 6.29. The highest BCUT2D eigenvalue weighted by molar-refractivity contribution is 6.00. The second-order valence-electron chi connectivity index (χ2n) is 2.56. The van der Waals surface area contributed by atoms with Crippen molar-refractivity contribution in [3.63, 3.8) is 0 Å². The molecule has 0 atom stereocenters. The van der Waals surface area contributed by atoms with E-state index in [1.807, 2.05) is 31.2 Å². The molecule has 0 spiro atoms. The van der Waals surface area contributed by atoms with Crippen molar-refractivity contribution in [1.82, 2.24) is 0 Å². The van der Waals surface area contributed by atoms with Crippen molar-refractivity contribution in [1.29, 1.82) is 0 Å². The van der Waals surface area contributed by atoms with Gasteiger partial charge in [0.25, 0.3) is 0 Å². The molecule has 70 valence electrons. The van der Waals surface area contributed by atoms with E-state index in [2.05, 4.69) is 9.99 Å². The average molecular weight is 179 g/mol. The van der Waals surface area contributed by atoms with Crippen LogP contribution in [0.25, 0.3) is 0 Å². The summed E-state index contributed by atoms with van der Waals surface area (Å²) in [5.74, 6) is 0.806. The Morgan fingerprint density at radius 3 is 2.54 bits per heavy atom. The normalized spacial score (nSPS) is 11.2. The molecule has 0 aromatic heterocycles. The molecule has 0 radical (unpaired) electrons. The lowest BCUT2D eigenvalue weighted by molar-refractivity contribution is 0.213. The Hall–Kier alpha value is -1.51. The van der Waals surface area contributed by atoms with Gasteiger partial charge in [0.15, 0.2) is 0 Å². The van der Waals surface area contributed by atoms with E-state index >= 15 is 0 Å². The van der Waals surface area contributed by atoms with Gasteiger partial charge in [0, 0.05) is 5.56 Å². The largest absolute Gasteiger partial charge is 0.496 e. The van der Waals surface area contributed by atoms with Crippen molar-refractivity contribution in [3.05, 3.63) is 29.8 Å². The van der Waals surface area contributed by atoms with Crippen LogP contribution in [0.1, 0.15) is 12.5 Å². The maximum Gasteiger partial charge on any atom is 0.128 e. The summed E-state index contributed by atoms with van der Waals surface area (Å²) in [5, 5.41) is 3.84. The van der Waals surface area contributed by atoms with E-state index in [1.165, 1.54) is 7.11 Å². The van der Waals surface area contributed by atoms with Crippen LogP contribution in [0.2, 0.25) is 0 Å². The lowest BCUT2D eigenvalue weighted by Crippen LogP contribution is -1.98. The van der Waals surface area contributed by atoms with Crippen LogP contribution in [0.15, 0.2) is 29.4 Å². The molecule has 1 aromatic carbocycles. The second kappa shape index (κ2) is 4.50. The lowest BCUT2D eigenvalue weighted by atomic mass is 10.1. The van der Waals surface area contributed by atoms with Gasteiger partial charge in [-0.1, -0.05) is 17.3 Å². The Kier molecular flexibility index (Phi) is 3.31. The molecule has 0 aliphatic heterocycles. The van der Waals surface area contributed by atoms with Crippen LogP contribution >= 0.6 is 0 Å². The van der Waals surface area contributed by atoms with E-state index in [1.54, 1.807) is 7.11 Å². The van der Waals surface area contributed by atoms with E-state index in [0.717, 1.165) is 17.0 Å². The van der Waals surface area contributed by atoms with Gasteiger partial charge >= 0.3 is 0 Å². The Morgan fingerprint density at radius 2 is 1.92 bits per heavy atom. The summed E-state index contributed by atoms with van der Waals surface area (Å²) in [4.78, 5) is 4.69. The van der Waals surface area contributed by atoms with Crippen molar-refractivity contribution in [2.24, 2.45) is 5.16 Å². The lowest BCUT2D eigenvalue weighted by Gasteiger charge is -2.06. The van der Waals surface area contributed by atoms with E-state index in [9.17, 15) is 0 Å². The Morgan fingerprint density at radius 1 is 1.23 bits per heavy atom. The zero-order valence-electron chi connectivity index (χ0n) is 8.07. The Bertz CT molecular complexity index is 308. The quantitative estimate of drug-likeness (QED) is 0.525. The highest BCUT2D eigenvalue weighted by Crippen LogP contribution is 2.17. The van der Waals surface area contributed by atoms with Crippen LogP contribution in [-0.2, 0) is 4.84 Å². The minimum Gasteiger partial charge on any atom is -0.496 e. The van der Waals surface area contributed by atoms with Crippen molar-refractivity contribution < 1.29 is 9.57 Å². The zero-order chi connectivity index (χ0) is 9.68. The number of para-hydroxylation sites is 1. The van der Waals surface area contributed by atoms with Gasteiger partial charge in [-0.25, -0.2) is 0 Å². The van der Waals surface area contributed by atoms with Gasteiger partial charge in [0.2, 0.25) is 0 Å². The third-order valence-corrected chi connectivity index (χ3v) is 1.72. The third kappa shape index (κ3) is 2.21. The molecule has 0 aliphatic rings. The molecule has 0 aliphatic carbocycles. The molecule has 0 fully saturated rings. The number of ether oxygens (including phenoxy) is 1. The molecular formula is C10H13NO2. The van der Waals surface area contributed by atoms with Gasteiger partial charge in [-0.15, -0.1) is 0 Å². The maximum absolute atomic E-state index is 5.18. The topological polar surface area (TPSA) is 30.8 Å².